The van der Waals surface area contributed by atoms with E-state index < -0.39 is 0 Å². The Morgan fingerprint density at radius 2 is 1.83 bits per heavy atom. The summed E-state index contributed by atoms with van der Waals surface area (Å²) in [5.41, 5.74) is 3.24. The summed E-state index contributed by atoms with van der Waals surface area (Å²) in [5.74, 6) is 0.952. The Kier molecular flexibility index (Phi) is 5.22. The van der Waals surface area contributed by atoms with E-state index in [2.05, 4.69) is 48.0 Å². The zero-order valence-electron chi connectivity index (χ0n) is 11.5. The van der Waals surface area contributed by atoms with E-state index >= 15 is 0 Å². The van der Waals surface area contributed by atoms with Gasteiger partial charge in [-0.1, -0.05) is 28.1 Å². The minimum Gasteiger partial charge on any atom is -0.493 e. The first-order valence-electron chi connectivity index (χ1n) is 6.10. The van der Waals surface area contributed by atoms with E-state index in [1.54, 1.807) is 0 Å². The molecule has 0 unspecified atom stereocenters. The van der Waals surface area contributed by atoms with Crippen LogP contribution in [0.4, 0.5) is 0 Å². The quantitative estimate of drug-likeness (QED) is 0.749. The fourth-order valence-electron chi connectivity index (χ4n) is 1.81. The Hall–Kier alpha value is -1.01. The highest BCUT2D eigenvalue weighted by molar-refractivity contribution is 9.08. The van der Waals surface area contributed by atoms with Crippen LogP contribution in [0.25, 0.3) is 0 Å². The molecule has 1 aromatic carbocycles. The summed E-state index contributed by atoms with van der Waals surface area (Å²) in [6.07, 6.45) is 0.739. The van der Waals surface area contributed by atoms with Crippen molar-refractivity contribution in [1.82, 2.24) is 0 Å². The van der Waals surface area contributed by atoms with Crippen LogP contribution in [-0.4, -0.2) is 6.61 Å². The average Bonchev–Trinajstić information content (AvgIpc) is 2.32. The second-order valence-electron chi connectivity index (χ2n) is 5.29. The van der Waals surface area contributed by atoms with Gasteiger partial charge in [0.1, 0.15) is 5.75 Å². The summed E-state index contributed by atoms with van der Waals surface area (Å²) >= 11 is 3.46. The van der Waals surface area contributed by atoms with Gasteiger partial charge in [0.05, 0.1) is 18.1 Å². The number of aryl methyl sites for hydroxylation is 2. The van der Waals surface area contributed by atoms with Gasteiger partial charge in [-0.25, -0.2) is 0 Å². The van der Waals surface area contributed by atoms with Gasteiger partial charge in [-0.05, 0) is 50.8 Å². The molecule has 3 heteroatoms. The molecule has 0 aliphatic carbocycles. The molecule has 0 fully saturated rings. The van der Waals surface area contributed by atoms with Gasteiger partial charge >= 0.3 is 0 Å². The Morgan fingerprint density at radius 1 is 1.28 bits per heavy atom. The van der Waals surface area contributed by atoms with Crippen molar-refractivity contribution in [1.29, 1.82) is 5.26 Å². The summed E-state index contributed by atoms with van der Waals surface area (Å²) < 4.78 is 5.84. The predicted octanol–water partition coefficient (Wildman–Crippen LogP) is 4.52. The summed E-state index contributed by atoms with van der Waals surface area (Å²) in [4.78, 5) is 0. The minimum atomic E-state index is -0.322. The standard InChI is InChI=1S/C15H20BrNO/c1-11-7-13(9-16)8-12(2)14(11)18-6-5-15(3,4)10-17/h7-8H,5-6,9H2,1-4H3. The fourth-order valence-corrected chi connectivity index (χ4v) is 2.13. The predicted molar refractivity (Wildman–Crippen MR) is 78.1 cm³/mol. The van der Waals surface area contributed by atoms with E-state index in [4.69, 9.17) is 10.00 Å². The lowest BCUT2D eigenvalue weighted by molar-refractivity contribution is 0.261. The van der Waals surface area contributed by atoms with Gasteiger partial charge in [-0.3, -0.25) is 0 Å². The molecule has 0 bridgehead atoms. The highest BCUT2D eigenvalue weighted by Gasteiger charge is 2.17. The van der Waals surface area contributed by atoms with Crippen LogP contribution in [0.5, 0.6) is 5.75 Å². The Labute approximate surface area is 118 Å². The van der Waals surface area contributed by atoms with Crippen molar-refractivity contribution in [2.75, 3.05) is 6.61 Å². The molecule has 0 amide bonds. The van der Waals surface area contributed by atoms with E-state index in [1.165, 1.54) is 5.56 Å². The molecule has 0 saturated heterocycles. The number of alkyl halides is 1. The second kappa shape index (κ2) is 6.24. The number of nitrogens with zero attached hydrogens (tertiary/aromatic N) is 1. The van der Waals surface area contributed by atoms with Gasteiger partial charge in [0, 0.05) is 5.33 Å². The van der Waals surface area contributed by atoms with E-state index in [0.29, 0.717) is 6.61 Å². The van der Waals surface area contributed by atoms with Crippen LogP contribution in [0, 0.1) is 30.6 Å². The van der Waals surface area contributed by atoms with Gasteiger partial charge in [0.25, 0.3) is 0 Å². The zero-order valence-corrected chi connectivity index (χ0v) is 13.1. The van der Waals surface area contributed by atoms with E-state index in [-0.39, 0.29) is 5.41 Å². The number of benzene rings is 1. The summed E-state index contributed by atoms with van der Waals surface area (Å²) in [7, 11) is 0. The molecular weight excluding hydrogens is 290 g/mol. The summed E-state index contributed by atoms with van der Waals surface area (Å²) in [6.45, 7) is 8.57. The lowest BCUT2D eigenvalue weighted by Crippen LogP contribution is -2.13. The lowest BCUT2D eigenvalue weighted by atomic mass is 9.92. The molecule has 0 aliphatic rings. The molecule has 1 rings (SSSR count). The second-order valence-corrected chi connectivity index (χ2v) is 5.85. The molecule has 0 aromatic heterocycles. The van der Waals surface area contributed by atoms with Gasteiger partial charge in [-0.15, -0.1) is 0 Å². The third-order valence-corrected chi connectivity index (χ3v) is 3.60. The Morgan fingerprint density at radius 3 is 2.28 bits per heavy atom. The largest absolute Gasteiger partial charge is 0.493 e. The number of hydrogen-bond acceptors (Lipinski definition) is 2. The van der Waals surface area contributed by atoms with Crippen LogP contribution in [0.1, 0.15) is 37.0 Å². The average molecular weight is 310 g/mol. The highest BCUT2D eigenvalue weighted by Crippen LogP contribution is 2.27. The molecule has 1 aromatic rings. The molecule has 18 heavy (non-hydrogen) atoms. The van der Waals surface area contributed by atoms with Crippen LogP contribution in [0.3, 0.4) is 0 Å². The fraction of sp³-hybridized carbons (Fsp3) is 0.533. The first kappa shape index (κ1) is 15.0. The molecule has 0 heterocycles. The summed E-state index contributed by atoms with van der Waals surface area (Å²) in [6, 6.07) is 6.55. The molecule has 0 atom stereocenters. The van der Waals surface area contributed by atoms with Crippen molar-refractivity contribution in [3.05, 3.63) is 28.8 Å². The topological polar surface area (TPSA) is 33.0 Å². The lowest BCUT2D eigenvalue weighted by Gasteiger charge is -2.18. The Balaban J connectivity index is 2.72. The van der Waals surface area contributed by atoms with Gasteiger partial charge < -0.3 is 4.74 Å². The number of rotatable bonds is 5. The summed E-state index contributed by atoms with van der Waals surface area (Å²) in [5, 5.41) is 9.82. The monoisotopic (exact) mass is 309 g/mol. The van der Waals surface area contributed by atoms with Crippen molar-refractivity contribution in [3.63, 3.8) is 0 Å². The SMILES string of the molecule is Cc1cc(CBr)cc(C)c1OCCC(C)(C)C#N. The van der Waals surface area contributed by atoms with Crippen molar-refractivity contribution in [3.8, 4) is 11.8 Å². The maximum absolute atomic E-state index is 8.96. The first-order valence-corrected chi connectivity index (χ1v) is 7.22. The minimum absolute atomic E-state index is 0.322. The van der Waals surface area contributed by atoms with Gasteiger partial charge in [0.15, 0.2) is 0 Å². The van der Waals surface area contributed by atoms with Crippen molar-refractivity contribution in [2.45, 2.75) is 39.4 Å². The van der Waals surface area contributed by atoms with Crippen molar-refractivity contribution >= 4 is 15.9 Å². The van der Waals surface area contributed by atoms with Crippen molar-refractivity contribution in [2.24, 2.45) is 5.41 Å². The molecule has 0 saturated carbocycles. The van der Waals surface area contributed by atoms with Crippen LogP contribution >= 0.6 is 15.9 Å². The van der Waals surface area contributed by atoms with E-state index in [0.717, 1.165) is 28.6 Å². The first-order chi connectivity index (χ1) is 8.39. The third kappa shape index (κ3) is 4.03. The highest BCUT2D eigenvalue weighted by atomic mass is 79.9. The number of ether oxygens (including phenoxy) is 1. The molecule has 2 nitrogen and oxygen atoms in total. The molecule has 0 radical (unpaired) electrons. The number of hydrogen-bond donors (Lipinski definition) is 0. The Bertz CT molecular complexity index is 437. The normalized spacial score (nSPS) is 11.1. The molecule has 0 N–H and O–H groups in total. The van der Waals surface area contributed by atoms with Crippen LogP contribution < -0.4 is 4.74 Å². The van der Waals surface area contributed by atoms with Crippen LogP contribution in [0.15, 0.2) is 12.1 Å². The van der Waals surface area contributed by atoms with Crippen LogP contribution in [-0.2, 0) is 5.33 Å². The maximum Gasteiger partial charge on any atom is 0.125 e. The van der Waals surface area contributed by atoms with Crippen molar-refractivity contribution < 1.29 is 4.74 Å². The van der Waals surface area contributed by atoms with Gasteiger partial charge in [-0.2, -0.15) is 5.26 Å². The molecule has 0 aliphatic heterocycles. The van der Waals surface area contributed by atoms with Crippen LogP contribution in [0.2, 0.25) is 0 Å². The molecule has 98 valence electrons. The molecule has 0 spiro atoms. The van der Waals surface area contributed by atoms with Gasteiger partial charge in [0.2, 0.25) is 0 Å². The number of nitriles is 1. The molecular formula is C15H20BrNO. The zero-order chi connectivity index (χ0) is 13.8. The van der Waals surface area contributed by atoms with E-state index in [1.807, 2.05) is 13.8 Å². The number of halogens is 1. The smallest absolute Gasteiger partial charge is 0.125 e. The maximum atomic E-state index is 8.96. The third-order valence-electron chi connectivity index (χ3n) is 2.95. The van der Waals surface area contributed by atoms with E-state index in [9.17, 15) is 0 Å².